The Morgan fingerprint density at radius 3 is 2.79 bits per heavy atom. The third kappa shape index (κ3) is 6.39. The number of nitriles is 1. The molecule has 3 aliphatic rings. The summed E-state index contributed by atoms with van der Waals surface area (Å²) in [4.78, 5) is 28.8. The van der Waals surface area contributed by atoms with Gasteiger partial charge in [0.05, 0.1) is 51.5 Å². The molecule has 2 N–H and O–H groups in total. The van der Waals surface area contributed by atoms with Crippen LogP contribution >= 0.6 is 22.9 Å². The SMILES string of the molecule is Cc1nc(CNc2nc(OC[C@@]34CCCN3C[C@H](F)C4)nc3c(Cl)c(-c4ccc(F)c5sc(NC(=O)OC(C)(C)C)c(C#N)c45)c4c(c23)COC4)no1. The molecule has 0 saturated carbocycles. The van der Waals surface area contributed by atoms with E-state index in [1.807, 2.05) is 0 Å². The molecule has 0 unspecified atom stereocenters. The summed E-state index contributed by atoms with van der Waals surface area (Å²) in [5.74, 6) is 0.623. The molecule has 0 radical (unpaired) electrons. The molecule has 0 bridgehead atoms. The van der Waals surface area contributed by atoms with Crippen LogP contribution in [0.15, 0.2) is 16.7 Å². The second-order valence-electron chi connectivity index (χ2n) is 14.5. The number of rotatable bonds is 8. The Balaban J connectivity index is 1.28. The number of aryl methyl sites for hydroxylation is 1. The number of benzene rings is 2. The van der Waals surface area contributed by atoms with E-state index in [0.717, 1.165) is 36.3 Å². The summed E-state index contributed by atoms with van der Waals surface area (Å²) in [7, 11) is 0. The lowest BCUT2D eigenvalue weighted by atomic mass is 9.91. The molecular formula is C36H35ClF2N8O5S. The molecule has 3 aromatic heterocycles. The van der Waals surface area contributed by atoms with Gasteiger partial charge in [-0.1, -0.05) is 22.8 Å². The van der Waals surface area contributed by atoms with E-state index in [-0.39, 0.29) is 58.0 Å². The zero-order valence-corrected chi connectivity index (χ0v) is 30.9. The number of aromatic nitrogens is 4. The number of carbonyl (C=O) groups excluding carboxylic acids is 1. The third-order valence-corrected chi connectivity index (χ3v) is 11.3. The maximum absolute atomic E-state index is 15.5. The Kier molecular flexibility index (Phi) is 8.88. The third-order valence-electron chi connectivity index (χ3n) is 9.78. The number of ether oxygens (including phenoxy) is 3. The second kappa shape index (κ2) is 13.3. The van der Waals surface area contributed by atoms with Crippen molar-refractivity contribution in [3.63, 3.8) is 0 Å². The van der Waals surface area contributed by atoms with Crippen LogP contribution in [0.3, 0.4) is 0 Å². The fraction of sp³-hybridized carbons (Fsp3) is 0.444. The van der Waals surface area contributed by atoms with Crippen LogP contribution in [-0.2, 0) is 29.2 Å². The van der Waals surface area contributed by atoms with Crippen LogP contribution in [0.25, 0.3) is 32.1 Å². The van der Waals surface area contributed by atoms with Gasteiger partial charge in [-0.25, -0.2) is 13.6 Å². The summed E-state index contributed by atoms with van der Waals surface area (Å²) in [6, 6.07) is 5.05. The van der Waals surface area contributed by atoms with Crippen molar-refractivity contribution in [2.24, 2.45) is 0 Å². The quantitative estimate of drug-likeness (QED) is 0.158. The molecule has 13 nitrogen and oxygen atoms in total. The lowest BCUT2D eigenvalue weighted by Gasteiger charge is -2.30. The van der Waals surface area contributed by atoms with Crippen molar-refractivity contribution in [2.75, 3.05) is 30.3 Å². The highest BCUT2D eigenvalue weighted by Gasteiger charge is 2.49. The van der Waals surface area contributed by atoms with E-state index in [9.17, 15) is 14.4 Å². The standard InChI is InChI=1S/C36H35ClF2N8O5S/c1-17-42-24(46-52-17)12-41-31-27-22-15-49-14-21(22)25(28(37)29(27)43-33(44-31)50-16-36-8-5-9-47(36)13-18(38)10-36)19-6-7-23(39)30-26(19)20(11-40)32(53-30)45-34(48)51-35(2,3)4/h6-7,18H,5,8-10,12-16H2,1-4H3,(H,45,48)(H,41,43,44)/t18-,36+/m1/s1. The predicted octanol–water partition coefficient (Wildman–Crippen LogP) is 7.81. The van der Waals surface area contributed by atoms with Crippen LogP contribution in [0, 0.1) is 24.1 Å². The van der Waals surface area contributed by atoms with Gasteiger partial charge in [-0.3, -0.25) is 10.2 Å². The second-order valence-corrected chi connectivity index (χ2v) is 15.9. The Morgan fingerprint density at radius 2 is 2.04 bits per heavy atom. The van der Waals surface area contributed by atoms with Gasteiger partial charge in [0.15, 0.2) is 5.82 Å². The molecular weight excluding hydrogens is 730 g/mol. The van der Waals surface area contributed by atoms with Gasteiger partial charge < -0.3 is 24.1 Å². The van der Waals surface area contributed by atoms with Crippen LogP contribution in [-0.4, -0.2) is 68.1 Å². The van der Waals surface area contributed by atoms with Crippen molar-refractivity contribution < 1.29 is 32.3 Å². The molecule has 1 amide bonds. The van der Waals surface area contributed by atoms with Crippen LogP contribution in [0.5, 0.6) is 6.01 Å². The molecule has 276 valence electrons. The highest BCUT2D eigenvalue weighted by molar-refractivity contribution is 7.23. The minimum absolute atomic E-state index is 0.0286. The monoisotopic (exact) mass is 764 g/mol. The van der Waals surface area contributed by atoms with Crippen LogP contribution in [0.1, 0.15) is 68.4 Å². The number of nitrogens with one attached hydrogen (secondary N) is 2. The lowest BCUT2D eigenvalue weighted by Crippen LogP contribution is -2.43. The summed E-state index contributed by atoms with van der Waals surface area (Å²) in [5.41, 5.74) is 1.55. The van der Waals surface area contributed by atoms with Crippen molar-refractivity contribution in [2.45, 2.75) is 84.0 Å². The van der Waals surface area contributed by atoms with Gasteiger partial charge in [-0.2, -0.15) is 20.2 Å². The van der Waals surface area contributed by atoms with Crippen molar-refractivity contribution in [1.29, 1.82) is 5.26 Å². The average Bonchev–Trinajstić information content (AvgIpc) is 3.92. The largest absolute Gasteiger partial charge is 0.461 e. The maximum Gasteiger partial charge on any atom is 0.412 e. The summed E-state index contributed by atoms with van der Waals surface area (Å²) in [6.07, 6.45) is 0.398. The summed E-state index contributed by atoms with van der Waals surface area (Å²) < 4.78 is 53.2. The van der Waals surface area contributed by atoms with Crippen molar-refractivity contribution in [1.82, 2.24) is 25.0 Å². The van der Waals surface area contributed by atoms with Crippen molar-refractivity contribution >= 4 is 60.8 Å². The number of halogens is 3. The Morgan fingerprint density at radius 1 is 1.23 bits per heavy atom. The van der Waals surface area contributed by atoms with Gasteiger partial charge in [-0.05, 0) is 62.9 Å². The average molecular weight is 765 g/mol. The molecule has 53 heavy (non-hydrogen) atoms. The van der Waals surface area contributed by atoms with Crippen LogP contribution in [0.2, 0.25) is 5.02 Å². The molecule has 8 rings (SSSR count). The van der Waals surface area contributed by atoms with E-state index in [4.69, 9.17) is 40.3 Å². The maximum atomic E-state index is 15.5. The van der Waals surface area contributed by atoms with Gasteiger partial charge >= 0.3 is 12.1 Å². The van der Waals surface area contributed by atoms with E-state index < -0.39 is 29.2 Å². The number of amides is 1. The molecule has 0 spiro atoms. The van der Waals surface area contributed by atoms with Gasteiger partial charge in [-0.15, -0.1) is 11.3 Å². The van der Waals surface area contributed by atoms with Gasteiger partial charge in [0.1, 0.15) is 41.1 Å². The lowest BCUT2D eigenvalue weighted by molar-refractivity contribution is 0.0636. The zero-order valence-electron chi connectivity index (χ0n) is 29.4. The Bertz CT molecular complexity index is 2340. The number of hydrogen-bond donors (Lipinski definition) is 2. The summed E-state index contributed by atoms with van der Waals surface area (Å²) >= 11 is 8.30. The smallest absolute Gasteiger partial charge is 0.412 e. The molecule has 3 aliphatic heterocycles. The van der Waals surface area contributed by atoms with Gasteiger partial charge in [0.2, 0.25) is 5.89 Å². The Hall–Kier alpha value is -4.69. The highest BCUT2D eigenvalue weighted by Crippen LogP contribution is 2.50. The zero-order chi connectivity index (χ0) is 37.2. The first kappa shape index (κ1) is 35.3. The minimum atomic E-state index is -0.936. The van der Waals surface area contributed by atoms with Gasteiger partial charge in [0, 0.05) is 30.8 Å². The number of nitrogens with zero attached hydrogens (tertiary/aromatic N) is 6. The summed E-state index contributed by atoms with van der Waals surface area (Å²) in [6.45, 7) is 8.72. The molecule has 2 fully saturated rings. The van der Waals surface area contributed by atoms with E-state index in [1.165, 1.54) is 6.07 Å². The van der Waals surface area contributed by atoms with E-state index >= 15 is 4.39 Å². The fourth-order valence-corrected chi connectivity index (χ4v) is 9.10. The number of fused-ring (bicyclic) bond motifs is 5. The van der Waals surface area contributed by atoms with Crippen LogP contribution < -0.4 is 15.4 Å². The number of thiophene rings is 1. The van der Waals surface area contributed by atoms with Crippen molar-refractivity contribution in [3.8, 4) is 23.2 Å². The van der Waals surface area contributed by atoms with E-state index in [1.54, 1.807) is 33.8 Å². The summed E-state index contributed by atoms with van der Waals surface area (Å²) in [5, 5.41) is 21.5. The number of hydrogen-bond acceptors (Lipinski definition) is 13. The highest BCUT2D eigenvalue weighted by atomic mass is 35.5. The fourth-order valence-electron chi connectivity index (χ4n) is 7.68. The first-order chi connectivity index (χ1) is 25.3. The number of carbonyl (C=O) groups is 1. The van der Waals surface area contributed by atoms with Crippen LogP contribution in [0.4, 0.5) is 24.4 Å². The molecule has 0 aliphatic carbocycles. The molecule has 2 atom stereocenters. The first-order valence-corrected chi connectivity index (χ1v) is 18.4. The topological polar surface area (TPSA) is 161 Å². The van der Waals surface area contributed by atoms with Gasteiger partial charge in [0.25, 0.3) is 0 Å². The molecule has 6 heterocycles. The van der Waals surface area contributed by atoms with E-state index in [2.05, 4.69) is 31.7 Å². The number of alkyl halides is 1. The molecule has 2 aromatic carbocycles. The number of anilines is 2. The minimum Gasteiger partial charge on any atom is -0.461 e. The van der Waals surface area contributed by atoms with E-state index in [0.29, 0.717) is 58.1 Å². The molecule has 17 heteroatoms. The van der Waals surface area contributed by atoms with Crippen molar-refractivity contribution in [3.05, 3.63) is 51.4 Å². The molecule has 5 aromatic rings. The molecule has 2 saturated heterocycles. The predicted molar refractivity (Wildman–Crippen MR) is 193 cm³/mol. The Labute approximate surface area is 311 Å². The normalized spacial score (nSPS) is 19.8. The first-order valence-electron chi connectivity index (χ1n) is 17.2.